The minimum absolute atomic E-state index is 0.0154. The Morgan fingerprint density at radius 2 is 0.547 bits per heavy atom. The van der Waals surface area contributed by atoms with Crippen LogP contribution in [0.4, 0.5) is 4.39 Å². The van der Waals surface area contributed by atoms with Gasteiger partial charge in [-0.15, -0.1) is 11.6 Å². The molecule has 7 aliphatic rings. The van der Waals surface area contributed by atoms with Gasteiger partial charge in [-0.05, 0) is 171 Å². The zero-order valence-electron chi connectivity index (χ0n) is 93.0. The summed E-state index contributed by atoms with van der Waals surface area (Å²) >= 11 is 4.64. The fourth-order valence-electron chi connectivity index (χ4n) is 18.2. The SMILES string of the molecule is CC.CC.CC.CC.CC.CC.CC.CC.CC(=O)C1=Cc2ccccc2C(S(C)(=O)=O)[C@@H]1C.CCC.CCl.CF.CS(=O)(=O)C1C[C@H](CCC(=O)O)Cc2ccccc21.CS(=O)(=O)C1C[C@H](O)Cc2ccccc21.C[C@@H]1C(C(=O)O)=Cc2ccccc2C1S(C)(=O)=O.C[C@@H]1C(C(=O)O)=Cc2ccccc2C1S(C)(=O)=O.C[C@@H]1C(C(=O)O)=Cc2ccccc2C1S(C)(=O)=O.C[C@H]1C(S(C)(=O)=O)c2ccccc2C[C@H]1CC(=O)O. The maximum atomic E-state index is 12.0. The number of alkyl halides is 2. The van der Waals surface area contributed by atoms with Gasteiger partial charge in [-0.25, -0.2) is 73.3 Å². The molecule has 14 rings (SSSR count). The number of Topliss-reactive ketones (excluding diaryl/α,β-unsaturated/α-hetero) is 1. The lowest BCUT2D eigenvalue weighted by molar-refractivity contribution is -0.139. The van der Waals surface area contributed by atoms with E-state index in [-0.39, 0.29) is 59.0 Å². The number of benzene rings is 7. The highest BCUT2D eigenvalue weighted by molar-refractivity contribution is 7.92. The van der Waals surface area contributed by atoms with Crippen LogP contribution in [0.5, 0.6) is 0 Å². The van der Waals surface area contributed by atoms with Gasteiger partial charge in [-0.2, -0.15) is 0 Å². The molecule has 148 heavy (non-hydrogen) atoms. The van der Waals surface area contributed by atoms with E-state index in [9.17, 15) is 97.2 Å². The second-order valence-corrected chi connectivity index (χ2v) is 49.3. The molecule has 7 aliphatic carbocycles. The molecule has 0 spiro atoms. The highest BCUT2D eigenvalue weighted by atomic mass is 35.5. The van der Waals surface area contributed by atoms with Crippen molar-refractivity contribution in [2.24, 2.45) is 41.4 Å². The molecule has 7 aromatic rings. The quantitative estimate of drug-likeness (QED) is 0.0489. The molecule has 26 nitrogen and oxygen atoms in total. The number of carbonyl (C=O) groups excluding carboxylic acids is 1. The van der Waals surface area contributed by atoms with E-state index in [2.05, 4.69) is 25.4 Å². The molecule has 35 heteroatoms. The number of aliphatic carboxylic acids is 5. The normalized spacial score (nSPS) is 20.8. The standard InChI is InChI=1S/2C14H18O4S.C14H16O3S.3C13H14O4S.C11H14O3S.C3H8.8C2H6.CH3Cl.CH3F/c1-9-11(8-13(15)16)7-10-5-3-4-6-12(10)14(9)19(2,17)18;1-19(17,18)13-9-10(6-7-14(15)16)8-11-4-2-3-5-12(11)13;1-9-13(10(2)15)8-11-6-4-5-7-12(11)14(9)18(3,16)17;3*1-8-11(13(14)15)7-9-5-3-4-6-10(9)12(8)18(2,16)17;1-15(13,14)11-7-9(12)6-8-4-2-3-5-10(8)11;1-3-2;10*1-2/h3-6,9,11,14H,7-8H2,1-2H3,(H,15,16);2-5,10,13H,6-9H2,1H3,(H,15,16);4-9,14H,1-3H3;3*3-8,12H,1-2H3,(H,14,15);2-5,9,11-12H,6-7H2,1H3;3H2,1-2H3;8*1-2H3;2*1H3/t9-,11+,14?;10-,13?;9-,14?;3*8-,12?;9-,11?;;;;;;;;;;;/m1111111.........../s1. The van der Waals surface area contributed by atoms with Gasteiger partial charge in [0, 0.05) is 103 Å². The van der Waals surface area contributed by atoms with Crippen LogP contribution in [0.25, 0.3) is 24.3 Å². The maximum absolute atomic E-state index is 12.0. The number of hydrogen-bond donors (Lipinski definition) is 6. The van der Waals surface area contributed by atoms with Gasteiger partial charge in [-0.3, -0.25) is 18.8 Å². The van der Waals surface area contributed by atoms with Crippen LogP contribution >= 0.6 is 11.6 Å². The largest absolute Gasteiger partial charge is 0.481 e. The van der Waals surface area contributed by atoms with Gasteiger partial charge >= 0.3 is 29.8 Å². The third kappa shape index (κ3) is 44.0. The molecule has 0 saturated carbocycles. The number of fused-ring (bicyclic) bond motifs is 7. The van der Waals surface area contributed by atoms with Gasteiger partial charge < -0.3 is 30.6 Å². The Kier molecular flexibility index (Phi) is 68.9. The number of aliphatic hydroxyl groups excluding tert-OH is 1. The van der Waals surface area contributed by atoms with E-state index in [1.54, 1.807) is 119 Å². The Morgan fingerprint density at radius 3 is 0.797 bits per heavy atom. The van der Waals surface area contributed by atoms with Gasteiger partial charge in [0.25, 0.3) is 0 Å². The highest BCUT2D eigenvalue weighted by Gasteiger charge is 2.44. The van der Waals surface area contributed by atoms with Crippen molar-refractivity contribution in [3.05, 3.63) is 270 Å². The van der Waals surface area contributed by atoms with E-state index in [0.717, 1.165) is 69.7 Å². The van der Waals surface area contributed by atoms with Crippen LogP contribution in [-0.4, -0.2) is 189 Å². The molecular formula is C113H170ClFO26S7. The molecule has 0 aliphatic heterocycles. The zero-order chi connectivity index (χ0) is 116. The molecule has 0 aromatic heterocycles. The lowest BCUT2D eigenvalue weighted by Crippen LogP contribution is -2.33. The number of allylic oxidation sites excluding steroid dienone is 1. The van der Waals surface area contributed by atoms with E-state index in [4.69, 9.17) is 25.5 Å². The Labute approximate surface area is 892 Å². The predicted octanol–water partition coefficient (Wildman–Crippen LogP) is 24.5. The lowest BCUT2D eigenvalue weighted by Gasteiger charge is -2.36. The Balaban J connectivity index is -0.000000790. The topological polar surface area (TPSA) is 463 Å². The van der Waals surface area contributed by atoms with Gasteiger partial charge in [-0.1, -0.05) is 336 Å². The first kappa shape index (κ1) is 145. The first-order valence-corrected chi connectivity index (χ1v) is 64.7. The van der Waals surface area contributed by atoms with Crippen LogP contribution in [0.2, 0.25) is 0 Å². The van der Waals surface area contributed by atoms with Gasteiger partial charge in [0.2, 0.25) is 0 Å². The molecule has 834 valence electrons. The third-order valence-corrected chi connectivity index (χ3v) is 34.7. The second kappa shape index (κ2) is 70.5. The molecule has 0 fully saturated rings. The molecule has 7 unspecified atom stereocenters. The number of hydrogen-bond acceptors (Lipinski definition) is 21. The fraction of sp³-hybridized carbons (Fsp3) is 0.504. The summed E-state index contributed by atoms with van der Waals surface area (Å²) in [6.07, 6.45) is 20.5. The van der Waals surface area contributed by atoms with Crippen molar-refractivity contribution in [3.63, 3.8) is 0 Å². The van der Waals surface area contributed by atoms with Crippen molar-refractivity contribution < 1.29 is 123 Å². The average Bonchev–Trinajstić information content (AvgIpc) is 0.769. The summed E-state index contributed by atoms with van der Waals surface area (Å²) in [5, 5.41) is 50.2. The van der Waals surface area contributed by atoms with Gasteiger partial charge in [0.05, 0.1) is 50.0 Å². The molecule has 0 radical (unpaired) electrons. The first-order chi connectivity index (χ1) is 69.4. The Morgan fingerprint density at radius 1 is 0.318 bits per heavy atom. The molecular weight excluding hydrogens is 2050 g/mol. The van der Waals surface area contributed by atoms with E-state index in [1.165, 1.54) is 44.8 Å². The number of halogens is 2. The summed E-state index contributed by atoms with van der Waals surface area (Å²) in [4.78, 5) is 66.8. The van der Waals surface area contributed by atoms with Crippen molar-refractivity contribution in [1.82, 2.24) is 0 Å². The van der Waals surface area contributed by atoms with Crippen LogP contribution < -0.4 is 0 Å². The number of rotatable bonds is 16. The third-order valence-electron chi connectivity index (χ3n) is 23.8. The average molecular weight is 2220 g/mol. The number of aliphatic hydroxyl groups is 1. The minimum Gasteiger partial charge on any atom is -0.481 e. The molecule has 15 atom stereocenters. The number of sulfone groups is 7. The van der Waals surface area contributed by atoms with E-state index in [0.29, 0.717) is 78.2 Å². The highest BCUT2D eigenvalue weighted by Crippen LogP contribution is 2.48. The molecule has 6 N–H and O–H groups in total. The van der Waals surface area contributed by atoms with Crippen molar-refractivity contribution in [1.29, 1.82) is 0 Å². The predicted molar refractivity (Wildman–Crippen MR) is 608 cm³/mol. The summed E-state index contributed by atoms with van der Waals surface area (Å²) in [7, 11) is -22.4. The summed E-state index contributed by atoms with van der Waals surface area (Å²) in [5.74, 6) is -7.08. The van der Waals surface area contributed by atoms with Crippen molar-refractivity contribution in [2.75, 3.05) is 57.4 Å². The van der Waals surface area contributed by atoms with E-state index in [1.807, 2.05) is 221 Å². The van der Waals surface area contributed by atoms with Crippen LogP contribution in [0.15, 0.2) is 192 Å². The summed E-state index contributed by atoms with van der Waals surface area (Å²) < 4.78 is 176. The van der Waals surface area contributed by atoms with Gasteiger partial charge in [0.15, 0.2) is 74.6 Å². The Hall–Kier alpha value is -9.65. The molecule has 0 amide bonds. The number of carboxylic acid groups (broad SMARTS) is 5. The van der Waals surface area contributed by atoms with Gasteiger partial charge in [0.1, 0.15) is 0 Å². The smallest absolute Gasteiger partial charge is 0.331 e. The number of carbonyl (C=O) groups is 6. The van der Waals surface area contributed by atoms with Crippen molar-refractivity contribution >= 4 is 140 Å². The fourth-order valence-corrected chi connectivity index (χ4v) is 28.7. The minimum atomic E-state index is -3.36. The second-order valence-electron chi connectivity index (χ2n) is 34.0. The van der Waals surface area contributed by atoms with Crippen LogP contribution in [0.3, 0.4) is 0 Å². The monoisotopic (exact) mass is 2220 g/mol. The summed E-state index contributed by atoms with van der Waals surface area (Å²) in [6.45, 7) is 46.3. The van der Waals surface area contributed by atoms with Crippen LogP contribution in [0, 0.1) is 41.4 Å². The lowest BCUT2D eigenvalue weighted by atomic mass is 9.75. The van der Waals surface area contributed by atoms with Crippen molar-refractivity contribution in [3.8, 4) is 0 Å². The summed E-state index contributed by atoms with van der Waals surface area (Å²) in [6, 6.07) is 50.9. The maximum Gasteiger partial charge on any atom is 0.331 e. The van der Waals surface area contributed by atoms with Crippen LogP contribution in [-0.2, 0) is 117 Å². The molecule has 0 saturated heterocycles. The molecule has 0 bridgehead atoms. The van der Waals surface area contributed by atoms with E-state index >= 15 is 0 Å². The Bertz CT molecular complexity index is 5860. The first-order valence-electron chi connectivity index (χ1n) is 50.2. The molecule has 0 heterocycles. The summed E-state index contributed by atoms with van der Waals surface area (Å²) in [5.41, 5.74) is 12.2. The molecule has 7 aromatic carbocycles. The zero-order valence-corrected chi connectivity index (χ0v) is 99.4. The number of ketones is 1. The van der Waals surface area contributed by atoms with E-state index < -0.39 is 159 Å². The van der Waals surface area contributed by atoms with Crippen LogP contribution in [0.1, 0.15) is 319 Å². The number of carboxylic acids is 5. The van der Waals surface area contributed by atoms with Crippen molar-refractivity contribution in [2.45, 2.75) is 267 Å².